The third-order valence-corrected chi connectivity index (χ3v) is 4.01. The van der Waals surface area contributed by atoms with E-state index >= 15 is 0 Å². The summed E-state index contributed by atoms with van der Waals surface area (Å²) in [6.07, 6.45) is 0. The van der Waals surface area contributed by atoms with Gasteiger partial charge in [0.25, 0.3) is 0 Å². The molecule has 0 saturated heterocycles. The highest BCUT2D eigenvalue weighted by atomic mass is 35.5. The van der Waals surface area contributed by atoms with Gasteiger partial charge in [0, 0.05) is 0 Å². The van der Waals surface area contributed by atoms with Crippen LogP contribution in [0.4, 0.5) is 5.69 Å². The van der Waals surface area contributed by atoms with E-state index in [1.54, 1.807) is 0 Å². The van der Waals surface area contributed by atoms with Gasteiger partial charge in [-0.15, -0.1) is 0 Å². The lowest BCUT2D eigenvalue weighted by Crippen LogP contribution is -2.32. The molecule has 0 unspecified atom stereocenters. The molecule has 0 heterocycles. The second-order valence-electron chi connectivity index (χ2n) is 5.57. The molecule has 25 heavy (non-hydrogen) atoms. The summed E-state index contributed by atoms with van der Waals surface area (Å²) in [6, 6.07) is 11.5. The molecule has 0 amide bonds. The topological polar surface area (TPSA) is 42.5 Å². The van der Waals surface area contributed by atoms with Gasteiger partial charge < -0.3 is 20.1 Å². The second-order valence-corrected chi connectivity index (χ2v) is 6.39. The van der Waals surface area contributed by atoms with Gasteiger partial charge in [0.15, 0.2) is 5.11 Å². The van der Waals surface area contributed by atoms with Gasteiger partial charge in [-0.05, 0) is 74.4 Å². The molecule has 2 rings (SSSR count). The van der Waals surface area contributed by atoms with Crippen molar-refractivity contribution in [2.75, 3.05) is 25.1 Å². The van der Waals surface area contributed by atoms with E-state index in [1.165, 1.54) is 0 Å². The largest absolute Gasteiger partial charge is 0.494 e. The number of anilines is 1. The molecule has 2 aromatic carbocycles. The SMILES string of the molecule is CCOc1ccc(OCCNC(=S)Nc2c(C)cc(C)cc2Cl)cc1. The van der Waals surface area contributed by atoms with Crippen LogP contribution in [0.25, 0.3) is 0 Å². The molecule has 0 fully saturated rings. The van der Waals surface area contributed by atoms with Crippen LogP contribution >= 0.6 is 23.8 Å². The minimum Gasteiger partial charge on any atom is -0.494 e. The van der Waals surface area contributed by atoms with Gasteiger partial charge in [-0.2, -0.15) is 0 Å². The quantitative estimate of drug-likeness (QED) is 0.539. The number of halogens is 1. The number of hydrogen-bond acceptors (Lipinski definition) is 3. The van der Waals surface area contributed by atoms with Crippen molar-refractivity contribution in [1.29, 1.82) is 0 Å². The number of nitrogens with one attached hydrogen (secondary N) is 2. The van der Waals surface area contributed by atoms with E-state index in [-0.39, 0.29) is 0 Å². The van der Waals surface area contributed by atoms with Crippen LogP contribution < -0.4 is 20.1 Å². The van der Waals surface area contributed by atoms with Crippen LogP contribution in [0.3, 0.4) is 0 Å². The van der Waals surface area contributed by atoms with Crippen LogP contribution in [-0.2, 0) is 0 Å². The monoisotopic (exact) mass is 378 g/mol. The van der Waals surface area contributed by atoms with Crippen LogP contribution in [0, 0.1) is 13.8 Å². The molecule has 0 saturated carbocycles. The Labute approximate surface area is 159 Å². The summed E-state index contributed by atoms with van der Waals surface area (Å²) in [5.74, 6) is 1.63. The molecule has 0 radical (unpaired) electrons. The van der Waals surface area contributed by atoms with Crippen molar-refractivity contribution in [2.24, 2.45) is 0 Å². The Morgan fingerprint density at radius 2 is 1.72 bits per heavy atom. The summed E-state index contributed by atoms with van der Waals surface area (Å²) >= 11 is 11.6. The van der Waals surface area contributed by atoms with Gasteiger partial charge in [-0.3, -0.25) is 0 Å². The Bertz CT molecular complexity index is 697. The number of thiocarbonyl (C=S) groups is 1. The smallest absolute Gasteiger partial charge is 0.170 e. The summed E-state index contributed by atoms with van der Waals surface area (Å²) in [6.45, 7) is 7.70. The molecule has 0 atom stereocenters. The average Bonchev–Trinajstić information content (AvgIpc) is 2.56. The average molecular weight is 379 g/mol. The second kappa shape index (κ2) is 9.49. The van der Waals surface area contributed by atoms with Crippen LogP contribution in [0.15, 0.2) is 36.4 Å². The van der Waals surface area contributed by atoms with Crippen molar-refractivity contribution in [3.05, 3.63) is 52.5 Å². The molecule has 0 bridgehead atoms. The van der Waals surface area contributed by atoms with Crippen LogP contribution in [0.2, 0.25) is 5.02 Å². The van der Waals surface area contributed by atoms with Crippen molar-refractivity contribution in [2.45, 2.75) is 20.8 Å². The van der Waals surface area contributed by atoms with E-state index in [0.717, 1.165) is 28.3 Å². The normalized spacial score (nSPS) is 10.2. The number of aryl methyl sites for hydroxylation is 2. The molecule has 0 aliphatic rings. The third kappa shape index (κ3) is 6.11. The van der Waals surface area contributed by atoms with E-state index in [4.69, 9.17) is 33.3 Å². The first-order valence-electron chi connectivity index (χ1n) is 8.17. The Morgan fingerprint density at radius 3 is 2.32 bits per heavy atom. The van der Waals surface area contributed by atoms with E-state index < -0.39 is 0 Å². The summed E-state index contributed by atoms with van der Waals surface area (Å²) < 4.78 is 11.1. The molecule has 0 aromatic heterocycles. The highest BCUT2D eigenvalue weighted by molar-refractivity contribution is 7.80. The maximum Gasteiger partial charge on any atom is 0.170 e. The lowest BCUT2D eigenvalue weighted by molar-refractivity contribution is 0.319. The van der Waals surface area contributed by atoms with E-state index in [2.05, 4.69) is 16.7 Å². The molecule has 4 nitrogen and oxygen atoms in total. The van der Waals surface area contributed by atoms with Crippen LogP contribution in [-0.4, -0.2) is 24.9 Å². The van der Waals surface area contributed by atoms with Gasteiger partial charge in [0.1, 0.15) is 18.1 Å². The van der Waals surface area contributed by atoms with E-state index in [9.17, 15) is 0 Å². The van der Waals surface area contributed by atoms with Gasteiger partial charge in [-0.25, -0.2) is 0 Å². The van der Waals surface area contributed by atoms with Crippen molar-refractivity contribution in [3.63, 3.8) is 0 Å². The molecular formula is C19H23ClN2O2S. The zero-order valence-corrected chi connectivity index (χ0v) is 16.3. The van der Waals surface area contributed by atoms with E-state index in [0.29, 0.717) is 29.9 Å². The van der Waals surface area contributed by atoms with Gasteiger partial charge in [0.05, 0.1) is 23.9 Å². The Balaban J connectivity index is 1.75. The Hall–Kier alpha value is -1.98. The highest BCUT2D eigenvalue weighted by Crippen LogP contribution is 2.27. The zero-order chi connectivity index (χ0) is 18.2. The summed E-state index contributed by atoms with van der Waals surface area (Å²) in [5, 5.41) is 7.43. The Morgan fingerprint density at radius 1 is 1.08 bits per heavy atom. The lowest BCUT2D eigenvalue weighted by Gasteiger charge is -2.15. The van der Waals surface area contributed by atoms with Crippen LogP contribution in [0.1, 0.15) is 18.1 Å². The molecule has 2 N–H and O–H groups in total. The minimum absolute atomic E-state index is 0.496. The number of hydrogen-bond donors (Lipinski definition) is 2. The number of benzene rings is 2. The standard InChI is InChI=1S/C19H23ClN2O2S/c1-4-23-15-5-7-16(8-6-15)24-10-9-21-19(25)22-18-14(3)11-13(2)12-17(18)20/h5-8,11-12H,4,9-10H2,1-3H3,(H2,21,22,25). The first-order valence-corrected chi connectivity index (χ1v) is 8.95. The van der Waals surface area contributed by atoms with E-state index in [1.807, 2.05) is 51.1 Å². The summed E-state index contributed by atoms with van der Waals surface area (Å²) in [4.78, 5) is 0. The maximum absolute atomic E-state index is 6.27. The predicted octanol–water partition coefficient (Wildman–Crippen LogP) is 4.72. The fourth-order valence-corrected chi connectivity index (χ4v) is 2.94. The first-order chi connectivity index (χ1) is 12.0. The Kier molecular flexibility index (Phi) is 7.34. The van der Waals surface area contributed by atoms with Gasteiger partial charge >= 0.3 is 0 Å². The van der Waals surface area contributed by atoms with Gasteiger partial charge in [0.2, 0.25) is 0 Å². The molecule has 0 spiro atoms. The lowest BCUT2D eigenvalue weighted by atomic mass is 10.1. The van der Waals surface area contributed by atoms with Crippen LogP contribution in [0.5, 0.6) is 11.5 Å². The highest BCUT2D eigenvalue weighted by Gasteiger charge is 2.07. The maximum atomic E-state index is 6.27. The third-order valence-electron chi connectivity index (χ3n) is 3.46. The van der Waals surface area contributed by atoms with Crippen molar-refractivity contribution in [1.82, 2.24) is 5.32 Å². The number of ether oxygens (including phenoxy) is 2. The molecule has 0 aliphatic heterocycles. The van der Waals surface area contributed by atoms with Gasteiger partial charge in [-0.1, -0.05) is 17.7 Å². The summed E-state index contributed by atoms with van der Waals surface area (Å²) in [7, 11) is 0. The molecular weight excluding hydrogens is 356 g/mol. The molecule has 6 heteroatoms. The molecule has 0 aliphatic carbocycles. The van der Waals surface area contributed by atoms with Crippen molar-refractivity contribution in [3.8, 4) is 11.5 Å². The fraction of sp³-hybridized carbons (Fsp3) is 0.316. The minimum atomic E-state index is 0.496. The molecule has 2 aromatic rings. The first kappa shape index (κ1) is 19.3. The fourth-order valence-electron chi connectivity index (χ4n) is 2.36. The zero-order valence-electron chi connectivity index (χ0n) is 14.7. The molecule has 134 valence electrons. The van der Waals surface area contributed by atoms with Crippen molar-refractivity contribution < 1.29 is 9.47 Å². The number of rotatable bonds is 7. The predicted molar refractivity (Wildman–Crippen MR) is 108 cm³/mol. The summed E-state index contributed by atoms with van der Waals surface area (Å²) in [5.41, 5.74) is 3.01. The van der Waals surface area contributed by atoms with Crippen molar-refractivity contribution >= 4 is 34.6 Å².